The van der Waals surface area contributed by atoms with Crippen molar-refractivity contribution in [2.45, 2.75) is 12.3 Å². The minimum Gasteiger partial charge on any atom is -0.497 e. The molecule has 4 nitrogen and oxygen atoms in total. The summed E-state index contributed by atoms with van der Waals surface area (Å²) >= 11 is 0. The Morgan fingerprint density at radius 2 is 1.75 bits per heavy atom. The molecule has 0 aliphatic rings. The molecule has 128 valence electrons. The van der Waals surface area contributed by atoms with Crippen LogP contribution in [-0.4, -0.2) is 26.3 Å². The number of rotatable bonds is 5. The third-order valence-electron chi connectivity index (χ3n) is 3.38. The summed E-state index contributed by atoms with van der Waals surface area (Å²) in [5, 5.41) is 1.89. The van der Waals surface area contributed by atoms with Crippen molar-refractivity contribution >= 4 is 11.6 Å². The summed E-state index contributed by atoms with van der Waals surface area (Å²) in [6, 6.07) is 13.3. The fourth-order valence-electron chi connectivity index (χ4n) is 2.26. The summed E-state index contributed by atoms with van der Waals surface area (Å²) in [5.41, 5.74) is 1.10. The van der Waals surface area contributed by atoms with Crippen molar-refractivity contribution in [3.8, 4) is 5.75 Å². The Bertz CT molecular complexity index is 702. The Hall–Kier alpha value is -2.54. The van der Waals surface area contributed by atoms with Gasteiger partial charge in [0.15, 0.2) is 0 Å². The zero-order chi connectivity index (χ0) is 17.7. The van der Waals surface area contributed by atoms with E-state index in [1.54, 1.807) is 24.3 Å². The van der Waals surface area contributed by atoms with Crippen LogP contribution in [0.5, 0.6) is 5.75 Å². The normalized spacial score (nSPS) is 12.5. The summed E-state index contributed by atoms with van der Waals surface area (Å²) in [6.07, 6.45) is -5.64. The van der Waals surface area contributed by atoms with Gasteiger partial charge in [-0.25, -0.2) is 0 Å². The molecule has 24 heavy (non-hydrogen) atoms. The number of ether oxygens (including phenoxy) is 2. The van der Waals surface area contributed by atoms with Gasteiger partial charge in [-0.1, -0.05) is 30.3 Å². The molecule has 0 fully saturated rings. The Kier molecular flexibility index (Phi) is 5.46. The van der Waals surface area contributed by atoms with Crippen LogP contribution < -0.4 is 10.1 Å². The predicted octanol–water partition coefficient (Wildman–Crippen LogP) is 3.93. The van der Waals surface area contributed by atoms with Crippen molar-refractivity contribution in [2.75, 3.05) is 19.5 Å². The van der Waals surface area contributed by atoms with Gasteiger partial charge in [-0.3, -0.25) is 4.79 Å². The van der Waals surface area contributed by atoms with Gasteiger partial charge in [0.05, 0.1) is 7.11 Å². The first-order chi connectivity index (χ1) is 11.4. The molecule has 1 amide bonds. The molecule has 7 heteroatoms. The standard InChI is InChI=1S/C17H16F3NO3/c1-23-12-8-9-14(21-16(22)17(18,19)20)13(10-12)15(24-2)11-6-4-3-5-7-11/h3-10,15H,1-2H3,(H,21,22). The van der Waals surface area contributed by atoms with Crippen LogP contribution in [0, 0.1) is 0 Å². The predicted molar refractivity (Wildman–Crippen MR) is 83.0 cm³/mol. The lowest BCUT2D eigenvalue weighted by molar-refractivity contribution is -0.167. The van der Waals surface area contributed by atoms with Crippen LogP contribution in [0.2, 0.25) is 0 Å². The van der Waals surface area contributed by atoms with Crippen molar-refractivity contribution in [1.29, 1.82) is 0 Å². The molecule has 0 aliphatic carbocycles. The van der Waals surface area contributed by atoms with E-state index in [-0.39, 0.29) is 5.69 Å². The zero-order valence-corrected chi connectivity index (χ0v) is 13.1. The van der Waals surface area contributed by atoms with Gasteiger partial charge >= 0.3 is 12.1 Å². The minimum absolute atomic E-state index is 0.00817. The third kappa shape index (κ3) is 4.05. The van der Waals surface area contributed by atoms with Crippen molar-refractivity contribution in [3.63, 3.8) is 0 Å². The number of nitrogens with one attached hydrogen (secondary N) is 1. The fraction of sp³-hybridized carbons (Fsp3) is 0.235. The molecule has 0 saturated heterocycles. The van der Waals surface area contributed by atoms with Crippen molar-refractivity contribution in [3.05, 3.63) is 59.7 Å². The highest BCUT2D eigenvalue weighted by molar-refractivity contribution is 5.95. The largest absolute Gasteiger partial charge is 0.497 e. The number of amides is 1. The van der Waals surface area contributed by atoms with E-state index in [1.165, 1.54) is 32.4 Å². The minimum atomic E-state index is -4.98. The summed E-state index contributed by atoms with van der Waals surface area (Å²) < 4.78 is 48.2. The van der Waals surface area contributed by atoms with Gasteiger partial charge < -0.3 is 14.8 Å². The number of halogens is 3. The van der Waals surface area contributed by atoms with E-state index in [1.807, 2.05) is 11.4 Å². The molecule has 0 bridgehead atoms. The number of hydrogen-bond donors (Lipinski definition) is 1. The van der Waals surface area contributed by atoms with Crippen LogP contribution >= 0.6 is 0 Å². The average molecular weight is 339 g/mol. The highest BCUT2D eigenvalue weighted by Gasteiger charge is 2.39. The number of methoxy groups -OCH3 is 2. The zero-order valence-electron chi connectivity index (χ0n) is 13.1. The van der Waals surface area contributed by atoms with E-state index in [0.29, 0.717) is 11.3 Å². The van der Waals surface area contributed by atoms with Crippen LogP contribution in [0.25, 0.3) is 0 Å². The molecular weight excluding hydrogens is 323 g/mol. The van der Waals surface area contributed by atoms with Crippen molar-refractivity contribution < 1.29 is 27.4 Å². The topological polar surface area (TPSA) is 47.6 Å². The first-order valence-electron chi connectivity index (χ1n) is 7.00. The summed E-state index contributed by atoms with van der Waals surface area (Å²) in [6.45, 7) is 0. The van der Waals surface area contributed by atoms with E-state index in [9.17, 15) is 18.0 Å². The first-order valence-corrected chi connectivity index (χ1v) is 7.00. The monoisotopic (exact) mass is 339 g/mol. The number of anilines is 1. The molecule has 2 aromatic carbocycles. The number of carbonyl (C=O) groups excluding carboxylic acids is 1. The molecule has 0 aliphatic heterocycles. The molecule has 2 rings (SSSR count). The highest BCUT2D eigenvalue weighted by Crippen LogP contribution is 2.34. The van der Waals surface area contributed by atoms with Crippen LogP contribution in [0.3, 0.4) is 0 Å². The molecule has 0 spiro atoms. The number of carbonyl (C=O) groups is 1. The molecule has 0 aromatic heterocycles. The van der Waals surface area contributed by atoms with Gasteiger partial charge in [-0.15, -0.1) is 0 Å². The van der Waals surface area contributed by atoms with Crippen LogP contribution in [-0.2, 0) is 9.53 Å². The number of benzene rings is 2. The molecule has 1 atom stereocenters. The smallest absolute Gasteiger partial charge is 0.471 e. The molecule has 1 unspecified atom stereocenters. The fourth-order valence-corrected chi connectivity index (χ4v) is 2.26. The lowest BCUT2D eigenvalue weighted by Gasteiger charge is -2.21. The number of hydrogen-bond acceptors (Lipinski definition) is 3. The van der Waals surface area contributed by atoms with E-state index < -0.39 is 18.2 Å². The molecule has 0 radical (unpaired) electrons. The Labute approximate surface area is 137 Å². The van der Waals surface area contributed by atoms with Crippen molar-refractivity contribution in [1.82, 2.24) is 0 Å². The first kappa shape index (κ1) is 17.8. The maximum atomic E-state index is 12.5. The lowest BCUT2D eigenvalue weighted by atomic mass is 9.99. The van der Waals surface area contributed by atoms with Crippen LogP contribution in [0.1, 0.15) is 17.2 Å². The van der Waals surface area contributed by atoms with Gasteiger partial charge in [0.25, 0.3) is 0 Å². The molecule has 0 heterocycles. The second-order valence-corrected chi connectivity index (χ2v) is 4.93. The third-order valence-corrected chi connectivity index (χ3v) is 3.38. The van der Waals surface area contributed by atoms with E-state index in [0.717, 1.165) is 5.56 Å². The number of alkyl halides is 3. The summed E-state index contributed by atoms with van der Waals surface area (Å²) in [5.74, 6) is -1.61. The molecular formula is C17H16F3NO3. The quantitative estimate of drug-likeness (QED) is 0.898. The van der Waals surface area contributed by atoms with Crippen molar-refractivity contribution in [2.24, 2.45) is 0 Å². The van der Waals surface area contributed by atoms with E-state index in [4.69, 9.17) is 9.47 Å². The van der Waals surface area contributed by atoms with Gasteiger partial charge in [0.2, 0.25) is 0 Å². The SMILES string of the molecule is COc1ccc(NC(=O)C(F)(F)F)c(C(OC)c2ccccc2)c1. The second-order valence-electron chi connectivity index (χ2n) is 4.93. The van der Waals surface area contributed by atoms with Gasteiger partial charge in [0.1, 0.15) is 11.9 Å². The maximum Gasteiger partial charge on any atom is 0.471 e. The Morgan fingerprint density at radius 1 is 1.08 bits per heavy atom. The van der Waals surface area contributed by atoms with Gasteiger partial charge in [-0.05, 0) is 23.8 Å². The van der Waals surface area contributed by atoms with Crippen LogP contribution in [0.15, 0.2) is 48.5 Å². The Balaban J connectivity index is 2.47. The maximum absolute atomic E-state index is 12.5. The second kappa shape index (κ2) is 7.35. The Morgan fingerprint density at radius 3 is 2.29 bits per heavy atom. The lowest BCUT2D eigenvalue weighted by Crippen LogP contribution is -2.30. The summed E-state index contributed by atoms with van der Waals surface area (Å²) in [4.78, 5) is 11.3. The highest BCUT2D eigenvalue weighted by atomic mass is 19.4. The summed E-state index contributed by atoms with van der Waals surface area (Å²) in [7, 11) is 2.88. The van der Waals surface area contributed by atoms with Gasteiger partial charge in [0, 0.05) is 18.4 Å². The molecule has 1 N–H and O–H groups in total. The molecule has 0 saturated carbocycles. The average Bonchev–Trinajstić information content (AvgIpc) is 2.57. The van der Waals surface area contributed by atoms with E-state index >= 15 is 0 Å². The van der Waals surface area contributed by atoms with Gasteiger partial charge in [-0.2, -0.15) is 13.2 Å². The molecule has 2 aromatic rings. The van der Waals surface area contributed by atoms with E-state index in [2.05, 4.69) is 0 Å². The van der Waals surface area contributed by atoms with Crippen LogP contribution in [0.4, 0.5) is 18.9 Å².